The molecule has 17 heavy (non-hydrogen) atoms. The molecule has 0 aromatic heterocycles. The van der Waals surface area contributed by atoms with E-state index in [1.165, 1.54) is 0 Å². The van der Waals surface area contributed by atoms with Crippen LogP contribution < -0.4 is 10.6 Å². The Morgan fingerprint density at radius 3 is 2.47 bits per heavy atom. The molecule has 1 atom stereocenters. The topological polar surface area (TPSA) is 50.4 Å². The highest BCUT2D eigenvalue weighted by Gasteiger charge is 2.11. The fourth-order valence-electron chi connectivity index (χ4n) is 1.07. The molecule has 1 amide bonds. The van der Waals surface area contributed by atoms with Gasteiger partial charge in [0, 0.05) is 13.1 Å². The molecular weight excluding hydrogens is 230 g/mol. The van der Waals surface area contributed by atoms with Crippen LogP contribution in [0, 0.1) is 5.92 Å². The fraction of sp³-hybridized carbons (Fsp3) is 0.909. The Morgan fingerprint density at radius 2 is 1.94 bits per heavy atom. The molecule has 0 saturated carbocycles. The van der Waals surface area contributed by atoms with Crippen LogP contribution in [0.15, 0.2) is 0 Å². The molecule has 0 bridgehead atoms. The number of nitrogens with one attached hydrogen (secondary N) is 2. The molecular formula is C11H22F2N2O2. The van der Waals surface area contributed by atoms with Crippen LogP contribution in [0.5, 0.6) is 0 Å². The summed E-state index contributed by atoms with van der Waals surface area (Å²) >= 11 is 0. The lowest BCUT2D eigenvalue weighted by Crippen LogP contribution is -2.44. The molecule has 0 aliphatic carbocycles. The van der Waals surface area contributed by atoms with Gasteiger partial charge in [-0.05, 0) is 12.8 Å². The molecule has 0 aliphatic rings. The lowest BCUT2D eigenvalue weighted by Gasteiger charge is -2.15. The summed E-state index contributed by atoms with van der Waals surface area (Å²) in [6.07, 6.45) is -2.44. The third kappa shape index (κ3) is 10.1. The van der Waals surface area contributed by atoms with Gasteiger partial charge in [-0.2, -0.15) is 0 Å². The Bertz CT molecular complexity index is 214. The Morgan fingerprint density at radius 1 is 1.29 bits per heavy atom. The van der Waals surface area contributed by atoms with E-state index in [4.69, 9.17) is 0 Å². The average Bonchev–Trinajstić information content (AvgIpc) is 2.24. The van der Waals surface area contributed by atoms with Crippen LogP contribution in [-0.2, 0) is 9.53 Å². The molecule has 0 saturated heterocycles. The molecule has 4 nitrogen and oxygen atoms in total. The van der Waals surface area contributed by atoms with Crippen LogP contribution in [0.1, 0.15) is 20.8 Å². The predicted molar refractivity (Wildman–Crippen MR) is 62.1 cm³/mol. The minimum atomic E-state index is -2.44. The Labute approximate surface area is 101 Å². The second-order valence-electron chi connectivity index (χ2n) is 4.28. The van der Waals surface area contributed by atoms with Gasteiger partial charge in [0.25, 0.3) is 6.43 Å². The number of hydrogen-bond donors (Lipinski definition) is 2. The standard InChI is InChI=1S/C11H22F2N2O2/c1-8(2)6-15-11(16)9(3)14-4-5-17-7-10(12)13/h8-10,14H,4-7H2,1-3H3,(H,15,16). The van der Waals surface area contributed by atoms with Crippen molar-refractivity contribution >= 4 is 5.91 Å². The summed E-state index contributed by atoms with van der Waals surface area (Å²) < 4.78 is 28.1. The number of carbonyl (C=O) groups is 1. The van der Waals surface area contributed by atoms with Gasteiger partial charge in [-0.15, -0.1) is 0 Å². The van der Waals surface area contributed by atoms with Gasteiger partial charge in [-0.3, -0.25) is 4.79 Å². The highest BCUT2D eigenvalue weighted by Crippen LogP contribution is 1.92. The van der Waals surface area contributed by atoms with Crippen LogP contribution in [0.2, 0.25) is 0 Å². The van der Waals surface area contributed by atoms with Crippen LogP contribution in [0.3, 0.4) is 0 Å². The van der Waals surface area contributed by atoms with Crippen molar-refractivity contribution in [2.24, 2.45) is 5.92 Å². The van der Waals surface area contributed by atoms with E-state index in [-0.39, 0.29) is 18.6 Å². The van der Waals surface area contributed by atoms with Crippen LogP contribution >= 0.6 is 0 Å². The molecule has 0 spiro atoms. The number of alkyl halides is 2. The van der Waals surface area contributed by atoms with Crippen molar-refractivity contribution in [3.8, 4) is 0 Å². The van der Waals surface area contributed by atoms with Gasteiger partial charge < -0.3 is 15.4 Å². The van der Waals surface area contributed by atoms with Gasteiger partial charge in [0.2, 0.25) is 5.91 Å². The smallest absolute Gasteiger partial charge is 0.261 e. The van der Waals surface area contributed by atoms with Gasteiger partial charge in [-0.25, -0.2) is 8.78 Å². The molecule has 0 radical (unpaired) electrons. The second kappa shape index (κ2) is 9.30. The van der Waals surface area contributed by atoms with Crippen molar-refractivity contribution in [1.29, 1.82) is 0 Å². The van der Waals surface area contributed by atoms with Crippen molar-refractivity contribution in [2.45, 2.75) is 33.2 Å². The van der Waals surface area contributed by atoms with E-state index < -0.39 is 13.0 Å². The third-order valence-electron chi connectivity index (χ3n) is 2.02. The van der Waals surface area contributed by atoms with Gasteiger partial charge >= 0.3 is 0 Å². The summed E-state index contributed by atoms with van der Waals surface area (Å²) in [5.41, 5.74) is 0. The first-order valence-electron chi connectivity index (χ1n) is 5.80. The minimum Gasteiger partial charge on any atom is -0.374 e. The van der Waals surface area contributed by atoms with E-state index in [2.05, 4.69) is 15.4 Å². The highest BCUT2D eigenvalue weighted by molar-refractivity contribution is 5.81. The monoisotopic (exact) mass is 252 g/mol. The molecule has 102 valence electrons. The van der Waals surface area contributed by atoms with Crippen LogP contribution in [0.4, 0.5) is 8.78 Å². The Hall–Kier alpha value is -0.750. The average molecular weight is 252 g/mol. The summed E-state index contributed by atoms with van der Waals surface area (Å²) in [4.78, 5) is 11.5. The van der Waals surface area contributed by atoms with Gasteiger partial charge in [0.15, 0.2) is 0 Å². The Kier molecular flexibility index (Phi) is 8.89. The third-order valence-corrected chi connectivity index (χ3v) is 2.02. The maximum Gasteiger partial charge on any atom is 0.261 e. The first-order chi connectivity index (χ1) is 7.93. The first kappa shape index (κ1) is 16.2. The quantitative estimate of drug-likeness (QED) is 0.602. The number of ether oxygens (including phenoxy) is 1. The van der Waals surface area contributed by atoms with E-state index in [0.717, 1.165) is 0 Å². The molecule has 0 aromatic carbocycles. The molecule has 0 heterocycles. The highest BCUT2D eigenvalue weighted by atomic mass is 19.3. The molecule has 6 heteroatoms. The summed E-state index contributed by atoms with van der Waals surface area (Å²) in [7, 11) is 0. The summed E-state index contributed by atoms with van der Waals surface area (Å²) in [5, 5.41) is 5.68. The van der Waals surface area contributed by atoms with E-state index in [0.29, 0.717) is 19.0 Å². The zero-order chi connectivity index (χ0) is 13.3. The van der Waals surface area contributed by atoms with Gasteiger partial charge in [-0.1, -0.05) is 13.8 Å². The maximum absolute atomic E-state index is 11.7. The number of carbonyl (C=O) groups excluding carboxylic acids is 1. The van der Waals surface area contributed by atoms with E-state index in [1.807, 2.05) is 13.8 Å². The van der Waals surface area contributed by atoms with E-state index in [1.54, 1.807) is 6.92 Å². The lowest BCUT2D eigenvalue weighted by molar-refractivity contribution is -0.123. The SMILES string of the molecule is CC(C)CNC(=O)C(C)NCCOCC(F)F. The summed E-state index contributed by atoms with van der Waals surface area (Å²) in [6, 6.07) is -0.344. The summed E-state index contributed by atoms with van der Waals surface area (Å²) in [5.74, 6) is 0.313. The molecule has 0 fully saturated rings. The lowest BCUT2D eigenvalue weighted by atomic mass is 10.2. The van der Waals surface area contributed by atoms with Crippen molar-refractivity contribution in [3.63, 3.8) is 0 Å². The molecule has 0 aromatic rings. The van der Waals surface area contributed by atoms with Crippen LogP contribution in [-0.4, -0.2) is 44.7 Å². The van der Waals surface area contributed by atoms with Crippen LogP contribution in [0.25, 0.3) is 0 Å². The minimum absolute atomic E-state index is 0.0902. The zero-order valence-corrected chi connectivity index (χ0v) is 10.6. The van der Waals surface area contributed by atoms with Crippen molar-refractivity contribution < 1.29 is 18.3 Å². The molecule has 0 rings (SSSR count). The van der Waals surface area contributed by atoms with Gasteiger partial charge in [0.1, 0.15) is 6.61 Å². The second-order valence-corrected chi connectivity index (χ2v) is 4.28. The van der Waals surface area contributed by atoms with E-state index >= 15 is 0 Å². The number of amides is 1. The normalized spacial score (nSPS) is 13.1. The Balaban J connectivity index is 3.50. The molecule has 0 aliphatic heterocycles. The molecule has 2 N–H and O–H groups in total. The maximum atomic E-state index is 11.7. The number of rotatable bonds is 9. The zero-order valence-electron chi connectivity index (χ0n) is 10.6. The van der Waals surface area contributed by atoms with Gasteiger partial charge in [0.05, 0.1) is 12.6 Å². The van der Waals surface area contributed by atoms with Crippen molar-refractivity contribution in [3.05, 3.63) is 0 Å². The summed E-state index contributed by atoms with van der Waals surface area (Å²) in [6.45, 7) is 6.37. The van der Waals surface area contributed by atoms with Crippen molar-refractivity contribution in [1.82, 2.24) is 10.6 Å². The number of hydrogen-bond acceptors (Lipinski definition) is 3. The fourth-order valence-corrected chi connectivity index (χ4v) is 1.07. The number of halogens is 2. The predicted octanol–water partition coefficient (Wildman–Crippen LogP) is 1.02. The van der Waals surface area contributed by atoms with Crippen molar-refractivity contribution in [2.75, 3.05) is 26.3 Å². The largest absolute Gasteiger partial charge is 0.374 e. The first-order valence-corrected chi connectivity index (χ1v) is 5.80. The van der Waals surface area contributed by atoms with E-state index in [9.17, 15) is 13.6 Å². The molecule has 1 unspecified atom stereocenters.